The van der Waals surface area contributed by atoms with Crippen LogP contribution in [0.4, 0.5) is 0 Å². The van der Waals surface area contributed by atoms with E-state index >= 15 is 0 Å². The van der Waals surface area contributed by atoms with Crippen LogP contribution in [0.15, 0.2) is 11.6 Å². The first-order valence-corrected chi connectivity index (χ1v) is 6.91. The number of hydrogen-bond donors (Lipinski definition) is 3. The molecule has 0 aliphatic heterocycles. The van der Waals surface area contributed by atoms with Crippen LogP contribution in [0.1, 0.15) is 51.4 Å². The summed E-state index contributed by atoms with van der Waals surface area (Å²) in [6.07, 6.45) is 6.63. The predicted molar refractivity (Wildman–Crippen MR) is 72.2 cm³/mol. The minimum atomic E-state index is -1.12. The Kier molecular flexibility index (Phi) is 6.76. The number of hydrogen-bond acceptors (Lipinski definition) is 3. The Morgan fingerprint density at radius 2 is 2.00 bits per heavy atom. The molecule has 0 saturated carbocycles. The summed E-state index contributed by atoms with van der Waals surface area (Å²) in [6, 6.07) is -1.01. The third kappa shape index (κ3) is 6.36. The topological polar surface area (TPSA) is 104 Å². The Morgan fingerprint density at radius 1 is 1.25 bits per heavy atom. The van der Waals surface area contributed by atoms with E-state index in [0.717, 1.165) is 31.3 Å². The van der Waals surface area contributed by atoms with E-state index in [9.17, 15) is 14.4 Å². The molecule has 1 rings (SSSR count). The monoisotopic (exact) mass is 283 g/mol. The number of carboxylic acid groups (broad SMARTS) is 2. The zero-order chi connectivity index (χ0) is 15.0. The van der Waals surface area contributed by atoms with E-state index in [0.29, 0.717) is 0 Å². The van der Waals surface area contributed by atoms with Crippen LogP contribution in [0, 0.1) is 0 Å². The van der Waals surface area contributed by atoms with Crippen molar-refractivity contribution in [3.8, 4) is 0 Å². The minimum absolute atomic E-state index is 0.0925. The number of carbonyl (C=O) groups excluding carboxylic acids is 1. The van der Waals surface area contributed by atoms with Crippen LogP contribution >= 0.6 is 0 Å². The average molecular weight is 283 g/mol. The molecule has 6 nitrogen and oxygen atoms in total. The summed E-state index contributed by atoms with van der Waals surface area (Å²) in [4.78, 5) is 33.2. The van der Waals surface area contributed by atoms with E-state index < -0.39 is 18.0 Å². The lowest BCUT2D eigenvalue weighted by molar-refractivity contribution is -0.142. The molecule has 1 atom stereocenters. The lowest BCUT2D eigenvalue weighted by Crippen LogP contribution is -2.40. The smallest absolute Gasteiger partial charge is 0.326 e. The maximum absolute atomic E-state index is 11.8. The van der Waals surface area contributed by atoms with Crippen LogP contribution in [-0.4, -0.2) is 34.1 Å². The van der Waals surface area contributed by atoms with Gasteiger partial charge in [0.05, 0.1) is 0 Å². The first-order valence-electron chi connectivity index (χ1n) is 6.91. The van der Waals surface area contributed by atoms with Crippen molar-refractivity contribution in [3.05, 3.63) is 11.6 Å². The van der Waals surface area contributed by atoms with Crippen molar-refractivity contribution in [1.82, 2.24) is 5.32 Å². The fourth-order valence-corrected chi connectivity index (χ4v) is 2.23. The summed E-state index contributed by atoms with van der Waals surface area (Å²) in [7, 11) is 0. The van der Waals surface area contributed by atoms with Crippen LogP contribution in [0.25, 0.3) is 0 Å². The Labute approximate surface area is 117 Å². The summed E-state index contributed by atoms with van der Waals surface area (Å²) in [5.41, 5.74) is 1.06. The predicted octanol–water partition coefficient (Wildman–Crippen LogP) is 1.70. The zero-order valence-electron chi connectivity index (χ0n) is 11.4. The van der Waals surface area contributed by atoms with Gasteiger partial charge >= 0.3 is 11.9 Å². The highest BCUT2D eigenvalue weighted by molar-refractivity contribution is 5.84. The van der Waals surface area contributed by atoms with Gasteiger partial charge in [-0.25, -0.2) is 4.79 Å². The molecule has 0 unspecified atom stereocenters. The van der Waals surface area contributed by atoms with Crippen LogP contribution < -0.4 is 5.32 Å². The normalized spacial score (nSPS) is 16.1. The number of carboxylic acids is 2. The second-order valence-corrected chi connectivity index (χ2v) is 5.03. The maximum atomic E-state index is 11.8. The molecule has 0 aromatic heterocycles. The highest BCUT2D eigenvalue weighted by Crippen LogP contribution is 2.19. The third-order valence-electron chi connectivity index (χ3n) is 3.29. The second kappa shape index (κ2) is 8.35. The molecule has 0 radical (unpaired) electrons. The highest BCUT2D eigenvalue weighted by Gasteiger charge is 2.20. The van der Waals surface area contributed by atoms with E-state index in [4.69, 9.17) is 10.2 Å². The van der Waals surface area contributed by atoms with Gasteiger partial charge in [-0.2, -0.15) is 0 Å². The van der Waals surface area contributed by atoms with Gasteiger partial charge < -0.3 is 15.5 Å². The summed E-state index contributed by atoms with van der Waals surface area (Å²) < 4.78 is 0. The molecule has 0 heterocycles. The molecule has 6 heteroatoms. The van der Waals surface area contributed by atoms with Crippen molar-refractivity contribution in [1.29, 1.82) is 0 Å². The van der Waals surface area contributed by atoms with E-state index in [1.54, 1.807) is 0 Å². The van der Waals surface area contributed by atoms with Crippen LogP contribution in [0.5, 0.6) is 0 Å². The maximum Gasteiger partial charge on any atom is 0.326 e. The number of nitrogens with one attached hydrogen (secondary N) is 1. The quantitative estimate of drug-likeness (QED) is 0.588. The third-order valence-corrected chi connectivity index (χ3v) is 3.29. The van der Waals surface area contributed by atoms with Gasteiger partial charge in [0.2, 0.25) is 5.91 Å². The zero-order valence-corrected chi connectivity index (χ0v) is 11.4. The largest absolute Gasteiger partial charge is 0.481 e. The summed E-state index contributed by atoms with van der Waals surface area (Å²) in [6.45, 7) is 0. The summed E-state index contributed by atoms with van der Waals surface area (Å²) >= 11 is 0. The number of carbonyl (C=O) groups is 3. The molecule has 0 spiro atoms. The van der Waals surface area contributed by atoms with Crippen molar-refractivity contribution in [3.63, 3.8) is 0 Å². The van der Waals surface area contributed by atoms with Crippen molar-refractivity contribution in [2.24, 2.45) is 0 Å². The molecule has 1 amide bonds. The number of rotatable bonds is 8. The SMILES string of the molecule is O=C(O)CCC[C@@H](NC(=O)CC1=CCCCC1)C(=O)O. The van der Waals surface area contributed by atoms with E-state index in [1.807, 2.05) is 6.08 Å². The van der Waals surface area contributed by atoms with Gasteiger partial charge in [0.15, 0.2) is 0 Å². The second-order valence-electron chi connectivity index (χ2n) is 5.03. The van der Waals surface area contributed by atoms with Crippen molar-refractivity contribution in [2.75, 3.05) is 0 Å². The van der Waals surface area contributed by atoms with Crippen molar-refractivity contribution < 1.29 is 24.6 Å². The minimum Gasteiger partial charge on any atom is -0.481 e. The lowest BCUT2D eigenvalue weighted by Gasteiger charge is -2.16. The average Bonchev–Trinajstić information content (AvgIpc) is 2.38. The van der Waals surface area contributed by atoms with E-state index in [-0.39, 0.29) is 31.6 Å². The summed E-state index contributed by atoms with van der Waals surface area (Å²) in [5.74, 6) is -2.39. The molecular weight excluding hydrogens is 262 g/mol. The molecule has 1 aliphatic rings. The lowest BCUT2D eigenvalue weighted by atomic mass is 9.97. The van der Waals surface area contributed by atoms with Crippen LogP contribution in [0.2, 0.25) is 0 Å². The molecule has 0 fully saturated rings. The number of amides is 1. The van der Waals surface area contributed by atoms with Gasteiger partial charge in [-0.1, -0.05) is 11.6 Å². The van der Waals surface area contributed by atoms with Crippen LogP contribution in [0.3, 0.4) is 0 Å². The standard InChI is InChI=1S/C14H21NO5/c16-12(9-10-5-2-1-3-6-10)15-11(14(19)20)7-4-8-13(17)18/h5,11H,1-4,6-9H2,(H,15,16)(H,17,18)(H,19,20)/t11-/m1/s1. The molecule has 0 aromatic carbocycles. The van der Waals surface area contributed by atoms with Gasteiger partial charge in [-0.3, -0.25) is 9.59 Å². The van der Waals surface area contributed by atoms with Crippen molar-refractivity contribution in [2.45, 2.75) is 57.4 Å². The molecule has 0 saturated heterocycles. The Balaban J connectivity index is 2.39. The Bertz CT molecular complexity index is 402. The fourth-order valence-electron chi connectivity index (χ4n) is 2.23. The van der Waals surface area contributed by atoms with Crippen LogP contribution in [-0.2, 0) is 14.4 Å². The Hall–Kier alpha value is -1.85. The molecule has 3 N–H and O–H groups in total. The number of aliphatic carboxylic acids is 2. The fraction of sp³-hybridized carbons (Fsp3) is 0.643. The molecule has 1 aliphatic carbocycles. The van der Waals surface area contributed by atoms with E-state index in [2.05, 4.69) is 5.32 Å². The van der Waals surface area contributed by atoms with Crippen molar-refractivity contribution >= 4 is 17.8 Å². The van der Waals surface area contributed by atoms with Gasteiger partial charge in [-0.15, -0.1) is 0 Å². The first kappa shape index (κ1) is 16.2. The van der Waals surface area contributed by atoms with Gasteiger partial charge in [-0.05, 0) is 38.5 Å². The molecular formula is C14H21NO5. The van der Waals surface area contributed by atoms with E-state index in [1.165, 1.54) is 0 Å². The first-order chi connectivity index (χ1) is 9.49. The highest BCUT2D eigenvalue weighted by atomic mass is 16.4. The molecule has 0 aromatic rings. The number of allylic oxidation sites excluding steroid dienone is 1. The van der Waals surface area contributed by atoms with Gasteiger partial charge in [0, 0.05) is 12.8 Å². The molecule has 20 heavy (non-hydrogen) atoms. The Morgan fingerprint density at radius 3 is 2.55 bits per heavy atom. The molecule has 112 valence electrons. The van der Waals surface area contributed by atoms with Gasteiger partial charge in [0.1, 0.15) is 6.04 Å². The summed E-state index contributed by atoms with van der Waals surface area (Å²) in [5, 5.41) is 20.0. The molecule has 0 bridgehead atoms. The van der Waals surface area contributed by atoms with Gasteiger partial charge in [0.25, 0.3) is 0 Å².